The highest BCUT2D eigenvalue weighted by atomic mass is 32.1. The molecule has 3 nitrogen and oxygen atoms in total. The van der Waals surface area contributed by atoms with Crippen molar-refractivity contribution in [2.24, 2.45) is 0 Å². The molecule has 15 heavy (non-hydrogen) atoms. The Kier molecular flexibility index (Phi) is 2.51. The number of carboxylic acids is 1. The minimum absolute atomic E-state index is 0.294. The van der Waals surface area contributed by atoms with Gasteiger partial charge in [-0.2, -0.15) is 0 Å². The fourth-order valence-corrected chi connectivity index (χ4v) is 2.10. The van der Waals surface area contributed by atoms with Crippen molar-refractivity contribution in [3.8, 4) is 11.1 Å². The van der Waals surface area contributed by atoms with Crippen LogP contribution in [0.15, 0.2) is 29.9 Å². The summed E-state index contributed by atoms with van der Waals surface area (Å²) >= 11 is 1.60. The van der Waals surface area contributed by atoms with E-state index in [1.54, 1.807) is 17.5 Å². The normalized spacial score (nSPS) is 10.2. The molecule has 0 saturated heterocycles. The minimum Gasteiger partial charge on any atom is -0.478 e. The van der Waals surface area contributed by atoms with Gasteiger partial charge in [-0.25, -0.2) is 4.79 Å². The molecule has 0 spiro atoms. The molecule has 0 bridgehead atoms. The second kappa shape index (κ2) is 3.82. The number of thiophene rings is 1. The third kappa shape index (κ3) is 1.89. The molecule has 0 fully saturated rings. The van der Waals surface area contributed by atoms with Crippen LogP contribution in [0.3, 0.4) is 0 Å². The number of aromatic nitrogens is 1. The van der Waals surface area contributed by atoms with Crippen LogP contribution in [0, 0.1) is 6.92 Å². The Morgan fingerprint density at radius 1 is 1.53 bits per heavy atom. The van der Waals surface area contributed by atoms with Crippen molar-refractivity contribution in [3.63, 3.8) is 0 Å². The molecule has 0 aliphatic heterocycles. The molecule has 2 heterocycles. The average Bonchev–Trinajstić information content (AvgIpc) is 2.65. The highest BCUT2D eigenvalue weighted by Crippen LogP contribution is 2.27. The van der Waals surface area contributed by atoms with Crippen molar-refractivity contribution in [2.45, 2.75) is 6.92 Å². The van der Waals surface area contributed by atoms with Gasteiger partial charge < -0.3 is 5.11 Å². The fourth-order valence-electron chi connectivity index (χ4n) is 1.40. The Balaban J connectivity index is 2.57. The van der Waals surface area contributed by atoms with Crippen molar-refractivity contribution < 1.29 is 9.90 Å². The SMILES string of the molecule is Cc1cc(-c2cnccc2C(=O)O)cs1. The Morgan fingerprint density at radius 2 is 2.33 bits per heavy atom. The summed E-state index contributed by atoms with van der Waals surface area (Å²) in [5, 5.41) is 11.0. The van der Waals surface area contributed by atoms with Gasteiger partial charge >= 0.3 is 5.97 Å². The van der Waals surface area contributed by atoms with E-state index in [9.17, 15) is 4.79 Å². The maximum Gasteiger partial charge on any atom is 0.336 e. The molecule has 1 N–H and O–H groups in total. The molecule has 2 aromatic rings. The molecule has 0 atom stereocenters. The monoisotopic (exact) mass is 219 g/mol. The Hall–Kier alpha value is -1.68. The Morgan fingerprint density at radius 3 is 2.93 bits per heavy atom. The number of rotatable bonds is 2. The van der Waals surface area contributed by atoms with Gasteiger partial charge in [0.25, 0.3) is 0 Å². The van der Waals surface area contributed by atoms with Gasteiger partial charge in [-0.05, 0) is 30.0 Å². The number of carboxylic acid groups (broad SMARTS) is 1. The third-order valence-electron chi connectivity index (χ3n) is 2.09. The average molecular weight is 219 g/mol. The zero-order valence-corrected chi connectivity index (χ0v) is 8.91. The summed E-state index contributed by atoms with van der Waals surface area (Å²) < 4.78 is 0. The zero-order valence-electron chi connectivity index (χ0n) is 8.10. The molecule has 4 heteroatoms. The lowest BCUT2D eigenvalue weighted by Gasteiger charge is -2.01. The summed E-state index contributed by atoms with van der Waals surface area (Å²) in [6, 6.07) is 3.48. The molecule has 0 amide bonds. The Labute approximate surface area is 91.0 Å². The van der Waals surface area contributed by atoms with Gasteiger partial charge in [0.1, 0.15) is 0 Å². The molecule has 2 rings (SSSR count). The molecule has 76 valence electrons. The van der Waals surface area contributed by atoms with Crippen LogP contribution in [0.5, 0.6) is 0 Å². The quantitative estimate of drug-likeness (QED) is 0.844. The molecule has 2 aromatic heterocycles. The van der Waals surface area contributed by atoms with Gasteiger partial charge in [-0.1, -0.05) is 0 Å². The van der Waals surface area contributed by atoms with Crippen molar-refractivity contribution in [1.82, 2.24) is 4.98 Å². The molecule has 0 aromatic carbocycles. The first-order valence-electron chi connectivity index (χ1n) is 4.41. The molecule has 0 unspecified atom stereocenters. The minimum atomic E-state index is -0.920. The van der Waals surface area contributed by atoms with Crippen LogP contribution < -0.4 is 0 Å². The van der Waals surface area contributed by atoms with E-state index in [0.717, 1.165) is 10.4 Å². The maximum absolute atomic E-state index is 11.0. The van der Waals surface area contributed by atoms with Crippen molar-refractivity contribution in [2.75, 3.05) is 0 Å². The highest BCUT2D eigenvalue weighted by Gasteiger charge is 2.11. The van der Waals surface area contributed by atoms with E-state index in [1.165, 1.54) is 12.3 Å². The lowest BCUT2D eigenvalue weighted by atomic mass is 10.1. The molecule has 0 radical (unpaired) electrons. The molecular formula is C11H9NO2S. The molecule has 0 saturated carbocycles. The summed E-state index contributed by atoms with van der Waals surface area (Å²) in [6.07, 6.45) is 3.08. The number of pyridine rings is 1. The van der Waals surface area contributed by atoms with Crippen molar-refractivity contribution in [3.05, 3.63) is 40.3 Å². The number of hydrogen-bond donors (Lipinski definition) is 1. The van der Waals surface area contributed by atoms with Crippen molar-refractivity contribution >= 4 is 17.3 Å². The van der Waals surface area contributed by atoms with E-state index >= 15 is 0 Å². The van der Waals surface area contributed by atoms with E-state index in [4.69, 9.17) is 5.11 Å². The fraction of sp³-hybridized carbons (Fsp3) is 0.0909. The van der Waals surface area contributed by atoms with Gasteiger partial charge in [0.2, 0.25) is 0 Å². The second-order valence-electron chi connectivity index (χ2n) is 3.17. The Bertz CT molecular complexity index is 505. The van der Waals surface area contributed by atoms with Crippen LogP contribution in [0.1, 0.15) is 15.2 Å². The van der Waals surface area contributed by atoms with Gasteiger partial charge in [-0.15, -0.1) is 11.3 Å². The summed E-state index contributed by atoms with van der Waals surface area (Å²) in [5.74, 6) is -0.920. The molecule has 0 aliphatic rings. The zero-order chi connectivity index (χ0) is 10.8. The van der Waals surface area contributed by atoms with Crippen LogP contribution >= 0.6 is 11.3 Å². The first-order valence-corrected chi connectivity index (χ1v) is 5.29. The van der Waals surface area contributed by atoms with Crippen LogP contribution in [0.25, 0.3) is 11.1 Å². The second-order valence-corrected chi connectivity index (χ2v) is 4.29. The largest absolute Gasteiger partial charge is 0.478 e. The predicted molar refractivity (Wildman–Crippen MR) is 59.2 cm³/mol. The van der Waals surface area contributed by atoms with Crippen LogP contribution in [0.2, 0.25) is 0 Å². The number of hydrogen-bond acceptors (Lipinski definition) is 3. The van der Waals surface area contributed by atoms with Gasteiger partial charge in [0.15, 0.2) is 0 Å². The lowest BCUT2D eigenvalue weighted by molar-refractivity contribution is 0.0697. The smallest absolute Gasteiger partial charge is 0.336 e. The van der Waals surface area contributed by atoms with Gasteiger partial charge in [-0.3, -0.25) is 4.98 Å². The standard InChI is InChI=1S/C11H9NO2S/c1-7-4-8(6-15-7)10-5-12-3-2-9(10)11(13)14/h2-6H,1H3,(H,13,14). The highest BCUT2D eigenvalue weighted by molar-refractivity contribution is 7.10. The molecular weight excluding hydrogens is 210 g/mol. The lowest BCUT2D eigenvalue weighted by Crippen LogP contribution is -1.99. The van der Waals surface area contributed by atoms with Crippen LogP contribution in [-0.2, 0) is 0 Å². The third-order valence-corrected chi connectivity index (χ3v) is 2.95. The number of nitrogens with zero attached hydrogens (tertiary/aromatic N) is 1. The van der Waals surface area contributed by atoms with Crippen LogP contribution in [-0.4, -0.2) is 16.1 Å². The maximum atomic E-state index is 11.0. The van der Waals surface area contributed by atoms with Crippen molar-refractivity contribution in [1.29, 1.82) is 0 Å². The summed E-state index contributed by atoms with van der Waals surface area (Å²) in [4.78, 5) is 16.1. The predicted octanol–water partition coefficient (Wildman–Crippen LogP) is 2.82. The number of aryl methyl sites for hydroxylation is 1. The number of aromatic carboxylic acids is 1. The van der Waals surface area contributed by atoms with E-state index in [1.807, 2.05) is 18.4 Å². The summed E-state index contributed by atoms with van der Waals surface area (Å²) in [5.41, 5.74) is 1.89. The van der Waals surface area contributed by atoms with E-state index in [-0.39, 0.29) is 0 Å². The van der Waals surface area contributed by atoms with Gasteiger partial charge in [0, 0.05) is 22.8 Å². The van der Waals surface area contributed by atoms with E-state index < -0.39 is 5.97 Å². The first kappa shape index (κ1) is 9.86. The first-order chi connectivity index (χ1) is 7.18. The summed E-state index contributed by atoms with van der Waals surface area (Å²) in [7, 11) is 0. The van der Waals surface area contributed by atoms with Gasteiger partial charge in [0.05, 0.1) is 5.56 Å². The number of carbonyl (C=O) groups is 1. The topological polar surface area (TPSA) is 50.2 Å². The summed E-state index contributed by atoms with van der Waals surface area (Å²) in [6.45, 7) is 1.99. The van der Waals surface area contributed by atoms with Crippen LogP contribution in [0.4, 0.5) is 0 Å². The van der Waals surface area contributed by atoms with E-state index in [2.05, 4.69) is 4.98 Å². The van der Waals surface area contributed by atoms with E-state index in [0.29, 0.717) is 11.1 Å². The molecule has 0 aliphatic carbocycles.